The van der Waals surface area contributed by atoms with E-state index in [1.54, 1.807) is 11.0 Å². The van der Waals surface area contributed by atoms with Crippen LogP contribution in [0.4, 0.5) is 0 Å². The number of hydrogen-bond donors (Lipinski definition) is 1. The largest absolute Gasteiger partial charge is 0.370 e. The molecule has 1 atom stereocenters. The number of nitrogens with two attached hydrogens (primary N) is 1. The van der Waals surface area contributed by atoms with E-state index in [0.29, 0.717) is 31.5 Å². The average Bonchev–Trinajstić information content (AvgIpc) is 2.65. The van der Waals surface area contributed by atoms with E-state index < -0.39 is 10.0 Å². The Morgan fingerprint density at radius 1 is 1.38 bits per heavy atom. The summed E-state index contributed by atoms with van der Waals surface area (Å²) in [5, 5.41) is 0. The Kier molecular flexibility index (Phi) is 6.74. The fourth-order valence-corrected chi connectivity index (χ4v) is 4.07. The zero-order valence-electron chi connectivity index (χ0n) is 15.1. The van der Waals surface area contributed by atoms with E-state index in [4.69, 9.17) is 10.6 Å². The van der Waals surface area contributed by atoms with Crippen molar-refractivity contribution in [3.05, 3.63) is 29.8 Å². The quantitative estimate of drug-likeness (QED) is 0.706. The van der Waals surface area contributed by atoms with Gasteiger partial charge in [-0.1, -0.05) is 10.5 Å². The minimum absolute atomic E-state index is 0.00464. The molecule has 1 aliphatic rings. The van der Waals surface area contributed by atoms with Crippen LogP contribution >= 0.6 is 0 Å². The van der Waals surface area contributed by atoms with Crippen LogP contribution in [-0.4, -0.2) is 56.8 Å². The van der Waals surface area contributed by atoms with E-state index >= 15 is 0 Å². The molecule has 0 spiro atoms. The third-order valence-corrected chi connectivity index (χ3v) is 6.26. The number of benzene rings is 1. The minimum atomic E-state index is -3.82. The van der Waals surface area contributed by atoms with Crippen molar-refractivity contribution >= 4 is 21.8 Å². The predicted molar refractivity (Wildman–Crippen MR) is 95.5 cm³/mol. The number of sulfonamides is 1. The van der Waals surface area contributed by atoms with E-state index in [1.165, 1.54) is 32.4 Å². The summed E-state index contributed by atoms with van der Waals surface area (Å²) < 4.78 is 25.4. The lowest BCUT2D eigenvalue weighted by atomic mass is 9.93. The molecule has 1 aromatic carbocycles. The summed E-state index contributed by atoms with van der Waals surface area (Å²) in [7, 11) is -1.27. The van der Waals surface area contributed by atoms with Crippen molar-refractivity contribution in [1.29, 1.82) is 0 Å². The van der Waals surface area contributed by atoms with Gasteiger partial charge >= 0.3 is 0 Å². The van der Waals surface area contributed by atoms with Gasteiger partial charge in [0.2, 0.25) is 5.91 Å². The maximum absolute atomic E-state index is 12.8. The Labute approximate surface area is 153 Å². The molecule has 9 heteroatoms. The SMILES string of the molecule is CON(C)S(=O)(=O)c1cccc(C(=O)N2CCCC(CCC(N)=O)C2)c1. The summed E-state index contributed by atoms with van der Waals surface area (Å²) in [6.07, 6.45) is 2.76. The van der Waals surface area contributed by atoms with Gasteiger partial charge in [-0.3, -0.25) is 14.4 Å². The van der Waals surface area contributed by atoms with Gasteiger partial charge in [0.1, 0.15) is 0 Å². The fourth-order valence-electron chi connectivity index (χ4n) is 3.05. The molecule has 0 saturated carbocycles. The first-order chi connectivity index (χ1) is 12.3. The van der Waals surface area contributed by atoms with Gasteiger partial charge in [-0.15, -0.1) is 0 Å². The molecule has 1 aromatic rings. The summed E-state index contributed by atoms with van der Waals surface area (Å²) in [5.74, 6) is -0.328. The molecular formula is C17H25N3O5S. The van der Waals surface area contributed by atoms with Crippen LogP contribution in [0.3, 0.4) is 0 Å². The molecular weight excluding hydrogens is 358 g/mol. The van der Waals surface area contributed by atoms with Gasteiger partial charge in [0.15, 0.2) is 0 Å². The number of nitrogens with zero attached hydrogens (tertiary/aromatic N) is 2. The lowest BCUT2D eigenvalue weighted by molar-refractivity contribution is -0.118. The Bertz CT molecular complexity index is 765. The van der Waals surface area contributed by atoms with E-state index in [2.05, 4.69) is 0 Å². The second-order valence-electron chi connectivity index (χ2n) is 6.39. The zero-order chi connectivity index (χ0) is 19.3. The standard InChI is InChI=1S/C17H25N3O5S/c1-19(25-2)26(23,24)15-7-3-6-14(11-15)17(22)20-10-4-5-13(12-20)8-9-16(18)21/h3,6-7,11,13H,4-5,8-10,12H2,1-2H3,(H2,18,21). The molecule has 8 nitrogen and oxygen atoms in total. The van der Waals surface area contributed by atoms with Crippen molar-refractivity contribution in [2.75, 3.05) is 27.2 Å². The third-order valence-electron chi connectivity index (χ3n) is 4.58. The van der Waals surface area contributed by atoms with Gasteiger partial charge in [0, 0.05) is 32.1 Å². The molecule has 2 amide bonds. The molecule has 2 N–H and O–H groups in total. The number of piperidine rings is 1. The van der Waals surface area contributed by atoms with Gasteiger partial charge in [-0.25, -0.2) is 8.42 Å². The normalized spacial score (nSPS) is 18.1. The Balaban J connectivity index is 2.14. The molecule has 0 radical (unpaired) electrons. The summed E-state index contributed by atoms with van der Waals surface area (Å²) in [5.41, 5.74) is 5.51. The molecule has 0 bridgehead atoms. The first kappa shape index (κ1) is 20.3. The zero-order valence-corrected chi connectivity index (χ0v) is 15.9. The number of carbonyl (C=O) groups is 2. The van der Waals surface area contributed by atoms with Gasteiger partial charge < -0.3 is 10.6 Å². The number of primary amides is 1. The van der Waals surface area contributed by atoms with Crippen LogP contribution in [0.2, 0.25) is 0 Å². The number of amides is 2. The van der Waals surface area contributed by atoms with Gasteiger partial charge in [0.05, 0.1) is 12.0 Å². The van der Waals surface area contributed by atoms with Crippen molar-refractivity contribution in [2.45, 2.75) is 30.6 Å². The first-order valence-corrected chi connectivity index (χ1v) is 9.90. The van der Waals surface area contributed by atoms with Crippen LogP contribution < -0.4 is 5.73 Å². The number of carbonyl (C=O) groups excluding carboxylic acids is 2. The fraction of sp³-hybridized carbons (Fsp3) is 0.529. The topological polar surface area (TPSA) is 110 Å². The lowest BCUT2D eigenvalue weighted by Crippen LogP contribution is -2.40. The molecule has 0 aliphatic carbocycles. The van der Waals surface area contributed by atoms with E-state index in [0.717, 1.165) is 17.3 Å². The van der Waals surface area contributed by atoms with E-state index in [9.17, 15) is 18.0 Å². The number of likely N-dealkylation sites (tertiary alicyclic amines) is 1. The van der Waals surface area contributed by atoms with Crippen LogP contribution in [0.15, 0.2) is 29.2 Å². The van der Waals surface area contributed by atoms with E-state index in [1.807, 2.05) is 0 Å². The number of rotatable bonds is 7. The highest BCUT2D eigenvalue weighted by atomic mass is 32.2. The van der Waals surface area contributed by atoms with Gasteiger partial charge in [-0.05, 0) is 43.4 Å². The highest BCUT2D eigenvalue weighted by molar-refractivity contribution is 7.89. The average molecular weight is 383 g/mol. The molecule has 1 unspecified atom stereocenters. The molecule has 1 fully saturated rings. The van der Waals surface area contributed by atoms with Crippen molar-refractivity contribution in [1.82, 2.24) is 9.37 Å². The van der Waals surface area contributed by atoms with Gasteiger partial charge in [0.25, 0.3) is 15.9 Å². The molecule has 1 saturated heterocycles. The van der Waals surface area contributed by atoms with Crippen LogP contribution in [0.25, 0.3) is 0 Å². The third kappa shape index (κ3) is 4.80. The smallest absolute Gasteiger partial charge is 0.264 e. The second-order valence-corrected chi connectivity index (χ2v) is 8.33. The van der Waals surface area contributed by atoms with Crippen LogP contribution in [0, 0.1) is 5.92 Å². The van der Waals surface area contributed by atoms with Crippen LogP contribution in [0.5, 0.6) is 0 Å². The second kappa shape index (κ2) is 8.61. The highest BCUT2D eigenvalue weighted by Crippen LogP contribution is 2.23. The highest BCUT2D eigenvalue weighted by Gasteiger charge is 2.26. The number of hydrogen-bond acceptors (Lipinski definition) is 5. The lowest BCUT2D eigenvalue weighted by Gasteiger charge is -2.32. The number of hydroxylamine groups is 1. The molecule has 1 heterocycles. The van der Waals surface area contributed by atoms with Crippen LogP contribution in [0.1, 0.15) is 36.0 Å². The first-order valence-electron chi connectivity index (χ1n) is 8.46. The maximum Gasteiger partial charge on any atom is 0.264 e. The molecule has 0 aromatic heterocycles. The summed E-state index contributed by atoms with van der Waals surface area (Å²) >= 11 is 0. The molecule has 144 valence electrons. The van der Waals surface area contributed by atoms with Crippen molar-refractivity contribution in [3.8, 4) is 0 Å². The Hall–Kier alpha value is -1.97. The molecule has 2 rings (SSSR count). The molecule has 1 aliphatic heterocycles. The summed E-state index contributed by atoms with van der Waals surface area (Å²) in [6.45, 7) is 1.15. The minimum Gasteiger partial charge on any atom is -0.370 e. The van der Waals surface area contributed by atoms with E-state index in [-0.39, 0.29) is 22.6 Å². The van der Waals surface area contributed by atoms with Crippen LogP contribution in [-0.2, 0) is 19.7 Å². The summed E-state index contributed by atoms with van der Waals surface area (Å²) in [4.78, 5) is 30.2. The summed E-state index contributed by atoms with van der Waals surface area (Å²) in [6, 6.07) is 5.92. The Morgan fingerprint density at radius 2 is 2.12 bits per heavy atom. The van der Waals surface area contributed by atoms with Crippen molar-refractivity contribution < 1.29 is 22.8 Å². The Morgan fingerprint density at radius 3 is 2.77 bits per heavy atom. The monoisotopic (exact) mass is 383 g/mol. The molecule has 26 heavy (non-hydrogen) atoms. The van der Waals surface area contributed by atoms with Crippen molar-refractivity contribution in [2.24, 2.45) is 11.7 Å². The van der Waals surface area contributed by atoms with Gasteiger partial charge in [-0.2, -0.15) is 0 Å². The van der Waals surface area contributed by atoms with Crippen molar-refractivity contribution in [3.63, 3.8) is 0 Å². The predicted octanol–water partition coefficient (Wildman–Crippen LogP) is 0.986. The maximum atomic E-state index is 12.8.